The van der Waals surface area contributed by atoms with Gasteiger partial charge in [-0.3, -0.25) is 0 Å². The van der Waals surface area contributed by atoms with E-state index in [2.05, 4.69) is 48.5 Å². The Hall–Kier alpha value is -1.20. The van der Waals surface area contributed by atoms with Crippen LogP contribution in [0.25, 0.3) is 0 Å². The van der Waals surface area contributed by atoms with Crippen LogP contribution >= 0.6 is 0 Å². The molecule has 0 aliphatic heterocycles. The van der Waals surface area contributed by atoms with E-state index in [4.69, 9.17) is 0 Å². The third kappa shape index (κ3) is 3.38. The Morgan fingerprint density at radius 3 is 1.71 bits per heavy atom. The topological polar surface area (TPSA) is 17.1 Å². The van der Waals surface area contributed by atoms with E-state index >= 15 is 0 Å². The summed E-state index contributed by atoms with van der Waals surface area (Å²) in [5.74, 6) is 0.392. The van der Waals surface area contributed by atoms with Gasteiger partial charge in [-0.2, -0.15) is 0 Å². The molecule has 1 unspecified atom stereocenters. The second-order valence-electron chi connectivity index (χ2n) is 4.12. The van der Waals surface area contributed by atoms with Crippen molar-refractivity contribution in [3.8, 4) is 0 Å². The quantitative estimate of drug-likeness (QED) is 0.772. The SMILES string of the molecule is O=[AsH2]CCC(c1ccccc1)c1ccccc1. The van der Waals surface area contributed by atoms with Gasteiger partial charge in [0.1, 0.15) is 0 Å². The van der Waals surface area contributed by atoms with E-state index in [0.717, 1.165) is 11.6 Å². The summed E-state index contributed by atoms with van der Waals surface area (Å²) >= 11 is -1.23. The summed E-state index contributed by atoms with van der Waals surface area (Å²) in [7, 11) is 0. The maximum absolute atomic E-state index is 10.9. The summed E-state index contributed by atoms with van der Waals surface area (Å²) in [6.45, 7) is 0. The molecule has 2 rings (SSSR count). The monoisotopic (exact) mass is 288 g/mol. The Balaban J connectivity index is 2.29. The van der Waals surface area contributed by atoms with E-state index in [1.54, 1.807) is 0 Å². The van der Waals surface area contributed by atoms with Gasteiger partial charge in [-0.05, 0) is 0 Å². The van der Waals surface area contributed by atoms with Gasteiger partial charge < -0.3 is 0 Å². The first-order valence-corrected chi connectivity index (χ1v) is 8.65. The molecule has 17 heavy (non-hydrogen) atoms. The van der Waals surface area contributed by atoms with Gasteiger partial charge in [0.15, 0.2) is 0 Å². The molecule has 0 spiro atoms. The number of hydrogen-bond donors (Lipinski definition) is 0. The van der Waals surface area contributed by atoms with Gasteiger partial charge in [-0.15, -0.1) is 0 Å². The first-order chi connectivity index (χ1) is 8.42. The fourth-order valence-electron chi connectivity index (χ4n) is 2.13. The molecule has 2 aromatic rings. The first kappa shape index (κ1) is 12.3. The molecule has 2 heteroatoms. The van der Waals surface area contributed by atoms with Crippen LogP contribution in [0.5, 0.6) is 0 Å². The zero-order chi connectivity index (χ0) is 11.9. The third-order valence-corrected chi connectivity index (χ3v) is 4.17. The zero-order valence-electron chi connectivity index (χ0n) is 9.75. The Labute approximate surface area is 109 Å². The van der Waals surface area contributed by atoms with Gasteiger partial charge in [0.2, 0.25) is 0 Å². The van der Waals surface area contributed by atoms with Crippen LogP contribution in [0.1, 0.15) is 23.5 Å². The molecule has 88 valence electrons. The molecule has 1 atom stereocenters. The van der Waals surface area contributed by atoms with Crippen molar-refractivity contribution in [1.82, 2.24) is 0 Å². The van der Waals surface area contributed by atoms with E-state index in [0.29, 0.717) is 5.92 Å². The molecule has 0 fully saturated rings. The average molecular weight is 288 g/mol. The molecule has 0 aliphatic carbocycles. The van der Waals surface area contributed by atoms with Crippen LogP contribution in [0.2, 0.25) is 5.21 Å². The fourth-order valence-corrected chi connectivity index (χ4v) is 3.12. The van der Waals surface area contributed by atoms with Gasteiger partial charge in [0, 0.05) is 0 Å². The molecule has 0 aromatic heterocycles. The molecule has 0 N–H and O–H groups in total. The van der Waals surface area contributed by atoms with E-state index in [-0.39, 0.29) is 0 Å². The molecule has 2 aromatic carbocycles. The number of rotatable bonds is 5. The molecular formula is C15H17AsO. The second-order valence-corrected chi connectivity index (χ2v) is 6.03. The summed E-state index contributed by atoms with van der Waals surface area (Å²) in [6, 6.07) is 21.0. The molecule has 0 bridgehead atoms. The normalized spacial score (nSPS) is 11.4. The zero-order valence-corrected chi connectivity index (χ0v) is 12.2. The van der Waals surface area contributed by atoms with E-state index in [9.17, 15) is 3.74 Å². The van der Waals surface area contributed by atoms with Gasteiger partial charge in [0.05, 0.1) is 0 Å². The standard InChI is InChI=1S/C15H17AsO/c17-16-12-11-15(13-7-3-1-4-8-13)14-9-5-2-6-10-14/h1-10,15H,11-12,16H2. The van der Waals surface area contributed by atoms with Gasteiger partial charge in [-0.25, -0.2) is 0 Å². The Morgan fingerprint density at radius 1 is 0.824 bits per heavy atom. The number of benzene rings is 2. The van der Waals surface area contributed by atoms with Crippen molar-refractivity contribution in [2.24, 2.45) is 0 Å². The van der Waals surface area contributed by atoms with Crippen LogP contribution in [0, 0.1) is 0 Å². The van der Waals surface area contributed by atoms with Crippen molar-refractivity contribution < 1.29 is 3.74 Å². The van der Waals surface area contributed by atoms with Crippen molar-refractivity contribution in [2.45, 2.75) is 17.5 Å². The fraction of sp³-hybridized carbons (Fsp3) is 0.200. The van der Waals surface area contributed by atoms with Gasteiger partial charge >= 0.3 is 109 Å². The molecule has 0 amide bonds. The summed E-state index contributed by atoms with van der Waals surface area (Å²) in [5.41, 5.74) is 2.65. The summed E-state index contributed by atoms with van der Waals surface area (Å²) in [5, 5.41) is 0.887. The minimum absolute atomic E-state index is 0.392. The molecule has 0 heterocycles. The molecule has 0 aliphatic rings. The van der Waals surface area contributed by atoms with Crippen molar-refractivity contribution >= 4 is 15.7 Å². The van der Waals surface area contributed by atoms with Crippen molar-refractivity contribution in [3.05, 3.63) is 71.8 Å². The summed E-state index contributed by atoms with van der Waals surface area (Å²) < 4.78 is 10.9. The van der Waals surface area contributed by atoms with Crippen molar-refractivity contribution in [3.63, 3.8) is 0 Å². The number of hydrogen-bond acceptors (Lipinski definition) is 1. The maximum atomic E-state index is 10.9. The van der Waals surface area contributed by atoms with Crippen LogP contribution in [0.4, 0.5) is 0 Å². The van der Waals surface area contributed by atoms with Gasteiger partial charge in [0.25, 0.3) is 0 Å². The second kappa shape index (κ2) is 6.51. The molecule has 0 saturated heterocycles. The van der Waals surface area contributed by atoms with E-state index in [1.807, 2.05) is 12.1 Å². The van der Waals surface area contributed by atoms with E-state index < -0.39 is 15.7 Å². The first-order valence-electron chi connectivity index (χ1n) is 5.95. The Kier molecular flexibility index (Phi) is 4.70. The van der Waals surface area contributed by atoms with Crippen molar-refractivity contribution in [1.29, 1.82) is 0 Å². The summed E-state index contributed by atoms with van der Waals surface area (Å²) in [4.78, 5) is 0. The van der Waals surface area contributed by atoms with Crippen LogP contribution in [-0.4, -0.2) is 15.7 Å². The summed E-state index contributed by atoms with van der Waals surface area (Å²) in [6.07, 6.45) is 0.998. The van der Waals surface area contributed by atoms with Crippen LogP contribution in [0.15, 0.2) is 60.7 Å². The predicted molar refractivity (Wildman–Crippen MR) is 73.4 cm³/mol. The predicted octanol–water partition coefficient (Wildman–Crippen LogP) is 3.14. The average Bonchev–Trinajstić information content (AvgIpc) is 2.42. The molecular weight excluding hydrogens is 271 g/mol. The Bertz CT molecular complexity index is 413. The third-order valence-electron chi connectivity index (χ3n) is 2.98. The van der Waals surface area contributed by atoms with Gasteiger partial charge in [-0.1, -0.05) is 0 Å². The Morgan fingerprint density at radius 2 is 1.29 bits per heavy atom. The van der Waals surface area contributed by atoms with Crippen LogP contribution in [0.3, 0.4) is 0 Å². The van der Waals surface area contributed by atoms with Crippen LogP contribution in [-0.2, 0) is 3.74 Å². The van der Waals surface area contributed by atoms with Crippen LogP contribution < -0.4 is 0 Å². The molecule has 0 saturated carbocycles. The molecule has 0 radical (unpaired) electrons. The van der Waals surface area contributed by atoms with Crippen molar-refractivity contribution in [2.75, 3.05) is 0 Å². The minimum atomic E-state index is -1.23. The molecule has 1 nitrogen and oxygen atoms in total. The van der Waals surface area contributed by atoms with E-state index in [1.165, 1.54) is 11.1 Å².